The molecule has 158 valence electrons. The maximum absolute atomic E-state index is 10.5. The van der Waals surface area contributed by atoms with Gasteiger partial charge in [-0.25, -0.2) is 0 Å². The van der Waals surface area contributed by atoms with Gasteiger partial charge < -0.3 is 14.9 Å². The van der Waals surface area contributed by atoms with Crippen molar-refractivity contribution in [2.75, 3.05) is 0 Å². The summed E-state index contributed by atoms with van der Waals surface area (Å²) < 4.78 is 5.18. The van der Waals surface area contributed by atoms with Crippen molar-refractivity contribution in [2.45, 2.75) is 103 Å². The summed E-state index contributed by atoms with van der Waals surface area (Å²) in [5.41, 5.74) is 2.05. The summed E-state index contributed by atoms with van der Waals surface area (Å²) in [6.45, 7) is 7.41. The highest BCUT2D eigenvalue weighted by molar-refractivity contribution is 5.45. The van der Waals surface area contributed by atoms with Gasteiger partial charge in [0.2, 0.25) is 0 Å². The molecule has 0 bridgehead atoms. The Morgan fingerprint density at radius 2 is 1.50 bits per heavy atom. The molecule has 1 saturated carbocycles. The van der Waals surface area contributed by atoms with Crippen LogP contribution in [0.1, 0.15) is 96.1 Å². The number of hydrogen-bond donors (Lipinski definition) is 2. The number of phenols is 2. The van der Waals surface area contributed by atoms with E-state index >= 15 is 0 Å². The monoisotopic (exact) mass is 390 g/mol. The SMILES string of the molecule is CC(C)(C)CCCCCCc1cc(CCCCC2(OC=O)CC2)c(O)cc1O. The lowest BCUT2D eigenvalue weighted by Crippen LogP contribution is -2.12. The Morgan fingerprint density at radius 3 is 2.04 bits per heavy atom. The molecule has 1 aliphatic carbocycles. The van der Waals surface area contributed by atoms with Crippen molar-refractivity contribution >= 4 is 6.47 Å². The number of ether oxygens (including phenoxy) is 1. The summed E-state index contributed by atoms with van der Waals surface area (Å²) in [7, 11) is 0. The molecule has 4 heteroatoms. The summed E-state index contributed by atoms with van der Waals surface area (Å²) in [4.78, 5) is 10.5. The maximum Gasteiger partial charge on any atom is 0.293 e. The van der Waals surface area contributed by atoms with E-state index < -0.39 is 0 Å². The van der Waals surface area contributed by atoms with Crippen LogP contribution in [0.3, 0.4) is 0 Å². The van der Waals surface area contributed by atoms with E-state index in [0.29, 0.717) is 11.9 Å². The lowest BCUT2D eigenvalue weighted by molar-refractivity contribution is -0.135. The molecule has 1 aromatic carbocycles. The molecule has 0 aliphatic heterocycles. The summed E-state index contributed by atoms with van der Waals surface area (Å²) in [6, 6.07) is 3.46. The summed E-state index contributed by atoms with van der Waals surface area (Å²) >= 11 is 0. The second kappa shape index (κ2) is 10.2. The number of unbranched alkanes of at least 4 members (excludes halogenated alkanes) is 4. The summed E-state index contributed by atoms with van der Waals surface area (Å²) in [6.07, 6.45) is 12.3. The van der Waals surface area contributed by atoms with Crippen LogP contribution in [0.15, 0.2) is 12.1 Å². The number of carbonyl (C=O) groups excluding carboxylic acids is 1. The first-order valence-corrected chi connectivity index (χ1v) is 10.9. The van der Waals surface area contributed by atoms with Gasteiger partial charge in [0.05, 0.1) is 0 Å². The van der Waals surface area contributed by atoms with Gasteiger partial charge in [0, 0.05) is 6.07 Å². The molecule has 2 rings (SSSR count). The minimum absolute atomic E-state index is 0.178. The predicted octanol–water partition coefficient (Wildman–Crippen LogP) is 6.06. The van der Waals surface area contributed by atoms with Crippen molar-refractivity contribution in [2.24, 2.45) is 5.41 Å². The highest BCUT2D eigenvalue weighted by Crippen LogP contribution is 2.43. The Morgan fingerprint density at radius 1 is 0.929 bits per heavy atom. The van der Waals surface area contributed by atoms with Crippen LogP contribution in [0.25, 0.3) is 0 Å². The topological polar surface area (TPSA) is 66.8 Å². The van der Waals surface area contributed by atoms with Crippen LogP contribution in [-0.2, 0) is 22.4 Å². The van der Waals surface area contributed by atoms with Crippen molar-refractivity contribution < 1.29 is 19.7 Å². The highest BCUT2D eigenvalue weighted by Gasteiger charge is 2.44. The molecule has 0 atom stereocenters. The standard InChI is InChI=1S/C24H38O4/c1-23(2,3)12-8-5-4-6-10-19-16-20(22(27)17-21(19)26)11-7-9-13-24(14-15-24)28-18-25/h16-18,26-27H,4-15H2,1-3H3. The molecular weight excluding hydrogens is 352 g/mol. The van der Waals surface area contributed by atoms with Crippen LogP contribution >= 0.6 is 0 Å². The second-order valence-electron chi connectivity index (χ2n) is 9.69. The number of aromatic hydroxyl groups is 2. The van der Waals surface area contributed by atoms with Gasteiger partial charge in [0.15, 0.2) is 0 Å². The Bertz CT molecular complexity index is 626. The third-order valence-corrected chi connectivity index (χ3v) is 5.84. The fraction of sp³-hybridized carbons (Fsp3) is 0.708. The molecule has 0 amide bonds. The summed E-state index contributed by atoms with van der Waals surface area (Å²) in [5, 5.41) is 20.3. The number of rotatable bonds is 13. The van der Waals surface area contributed by atoms with Gasteiger partial charge in [-0.2, -0.15) is 0 Å². The van der Waals surface area contributed by atoms with Crippen molar-refractivity contribution in [3.05, 3.63) is 23.3 Å². The molecule has 1 aromatic rings. The third-order valence-electron chi connectivity index (χ3n) is 5.84. The third kappa shape index (κ3) is 7.73. The van der Waals surface area contributed by atoms with Gasteiger partial charge in [-0.3, -0.25) is 4.79 Å². The molecule has 0 heterocycles. The van der Waals surface area contributed by atoms with Crippen LogP contribution in [0.2, 0.25) is 0 Å². The quantitative estimate of drug-likeness (QED) is 0.317. The van der Waals surface area contributed by atoms with E-state index in [-0.39, 0.29) is 17.1 Å². The van der Waals surface area contributed by atoms with E-state index in [1.54, 1.807) is 0 Å². The van der Waals surface area contributed by atoms with E-state index in [1.807, 2.05) is 6.07 Å². The first-order valence-electron chi connectivity index (χ1n) is 10.9. The first-order chi connectivity index (χ1) is 13.2. The van der Waals surface area contributed by atoms with Crippen LogP contribution < -0.4 is 0 Å². The fourth-order valence-corrected chi connectivity index (χ4v) is 3.83. The Balaban J connectivity index is 1.74. The molecular formula is C24H38O4. The number of carbonyl (C=O) groups is 1. The van der Waals surface area contributed by atoms with Gasteiger partial charge in [0.25, 0.3) is 6.47 Å². The molecule has 0 spiro atoms. The van der Waals surface area contributed by atoms with Crippen molar-refractivity contribution in [1.29, 1.82) is 0 Å². The normalized spacial score (nSPS) is 15.4. The number of aryl methyl sites for hydroxylation is 2. The highest BCUT2D eigenvalue weighted by atomic mass is 16.5. The van der Waals surface area contributed by atoms with E-state index in [9.17, 15) is 15.0 Å². The lowest BCUT2D eigenvalue weighted by atomic mass is 9.89. The van der Waals surface area contributed by atoms with Crippen molar-refractivity contribution in [3.8, 4) is 11.5 Å². The average molecular weight is 391 g/mol. The number of benzene rings is 1. The molecule has 1 fully saturated rings. The van der Waals surface area contributed by atoms with Crippen molar-refractivity contribution in [1.82, 2.24) is 0 Å². The minimum Gasteiger partial charge on any atom is -0.508 e. The van der Waals surface area contributed by atoms with Gasteiger partial charge in [0.1, 0.15) is 17.1 Å². The fourth-order valence-electron chi connectivity index (χ4n) is 3.83. The van der Waals surface area contributed by atoms with Crippen LogP contribution in [0, 0.1) is 5.41 Å². The lowest BCUT2D eigenvalue weighted by Gasteiger charge is -2.17. The molecule has 28 heavy (non-hydrogen) atoms. The predicted molar refractivity (Wildman–Crippen MR) is 113 cm³/mol. The van der Waals surface area contributed by atoms with E-state index in [1.165, 1.54) is 31.7 Å². The molecule has 4 nitrogen and oxygen atoms in total. The molecule has 2 N–H and O–H groups in total. The first kappa shape index (κ1) is 22.6. The summed E-state index contributed by atoms with van der Waals surface area (Å²) in [5.74, 6) is 0.379. The zero-order valence-electron chi connectivity index (χ0n) is 17.9. The van der Waals surface area contributed by atoms with E-state index in [4.69, 9.17) is 4.74 Å². The van der Waals surface area contributed by atoms with Gasteiger partial charge in [-0.15, -0.1) is 0 Å². The van der Waals surface area contributed by atoms with Crippen LogP contribution in [0.4, 0.5) is 0 Å². The Labute approximate surface area is 170 Å². The molecule has 1 aliphatic rings. The smallest absolute Gasteiger partial charge is 0.293 e. The Kier molecular flexibility index (Phi) is 8.21. The zero-order chi connectivity index (χ0) is 20.6. The van der Waals surface area contributed by atoms with Gasteiger partial charge in [-0.05, 0) is 80.4 Å². The van der Waals surface area contributed by atoms with E-state index in [2.05, 4.69) is 20.8 Å². The minimum atomic E-state index is -0.198. The molecule has 0 unspecified atom stereocenters. The second-order valence-corrected chi connectivity index (χ2v) is 9.69. The average Bonchev–Trinajstić information content (AvgIpc) is 3.37. The molecule has 0 saturated heterocycles. The maximum atomic E-state index is 10.5. The van der Waals surface area contributed by atoms with Crippen LogP contribution in [-0.4, -0.2) is 22.3 Å². The number of phenolic OH excluding ortho intramolecular Hbond substituents is 2. The number of hydrogen-bond acceptors (Lipinski definition) is 4. The largest absolute Gasteiger partial charge is 0.508 e. The van der Waals surface area contributed by atoms with Crippen molar-refractivity contribution in [3.63, 3.8) is 0 Å². The zero-order valence-corrected chi connectivity index (χ0v) is 17.9. The molecule has 0 radical (unpaired) electrons. The van der Waals surface area contributed by atoms with Gasteiger partial charge in [-0.1, -0.05) is 40.0 Å². The van der Waals surface area contributed by atoms with Crippen LogP contribution in [0.5, 0.6) is 11.5 Å². The van der Waals surface area contributed by atoms with Gasteiger partial charge >= 0.3 is 0 Å². The Hall–Kier alpha value is -1.71. The molecule has 0 aromatic heterocycles. The van der Waals surface area contributed by atoms with E-state index in [0.717, 1.165) is 62.5 Å².